The van der Waals surface area contributed by atoms with Gasteiger partial charge >= 0.3 is 6.03 Å². The number of benzene rings is 1. The Kier molecular flexibility index (Phi) is 40.9. The van der Waals surface area contributed by atoms with Gasteiger partial charge in [0.1, 0.15) is 6.04 Å². The van der Waals surface area contributed by atoms with Gasteiger partial charge in [0.25, 0.3) is 0 Å². The van der Waals surface area contributed by atoms with Crippen molar-refractivity contribution < 1.29 is 57.4 Å². The fourth-order valence-electron chi connectivity index (χ4n) is 11.1. The second kappa shape index (κ2) is 44.1. The van der Waals surface area contributed by atoms with E-state index in [1.165, 1.54) is 11.8 Å². The lowest BCUT2D eigenvalue weighted by Gasteiger charge is -2.35. The molecule has 2 fully saturated rings. The molecule has 3 heterocycles. The van der Waals surface area contributed by atoms with Crippen LogP contribution in [-0.4, -0.2) is 169 Å². The largest absolute Gasteiger partial charge is 0.381 e. The number of rotatable bonds is 33. The van der Waals surface area contributed by atoms with Crippen molar-refractivity contribution in [3.63, 3.8) is 0 Å². The first-order valence-corrected chi connectivity index (χ1v) is 33.0. The molecule has 0 saturated carbocycles. The van der Waals surface area contributed by atoms with Crippen molar-refractivity contribution >= 4 is 70.0 Å². The number of nitrogens with zero attached hydrogens (tertiary/aromatic N) is 3. The average molecular weight is 1270 g/mol. The third kappa shape index (κ3) is 27.6. The Morgan fingerprint density at radius 2 is 1.39 bits per heavy atom. The molecule has 2 saturated heterocycles. The van der Waals surface area contributed by atoms with E-state index >= 15 is 0 Å². The molecule has 9 atom stereocenters. The van der Waals surface area contributed by atoms with Gasteiger partial charge in [-0.2, -0.15) is 0 Å². The van der Waals surface area contributed by atoms with Gasteiger partial charge in [0.15, 0.2) is 5.78 Å². The number of amides is 10. The normalized spacial score (nSPS) is 16.8. The first-order valence-electron chi connectivity index (χ1n) is 33.0. The lowest BCUT2D eigenvalue weighted by atomic mass is 9.87. The molecule has 1 aromatic carbocycles. The summed E-state index contributed by atoms with van der Waals surface area (Å²) >= 11 is 0. The molecular formula is C67H119N11O12. The number of H-pyrrole nitrogens is 1. The minimum absolute atomic E-state index is 0.00502. The summed E-state index contributed by atoms with van der Waals surface area (Å²) in [4.78, 5) is 132. The number of nitrogens with one attached hydrogen (secondary N) is 7. The van der Waals surface area contributed by atoms with Crippen LogP contribution in [0.25, 0.3) is 10.9 Å². The monoisotopic (exact) mass is 1270 g/mol. The summed E-state index contributed by atoms with van der Waals surface area (Å²) in [5, 5.41) is 12.0. The maximum atomic E-state index is 13.4. The number of primary amides is 1. The standard InChI is InChI=1S/C31H55N7O7.C30H46N4O5.3C2H6/c1-20(2)26(22(5)39)34-28(43)27(21(3)4)37(8)17-12-14-24(41)36-35-23(40)13-10-9-11-15-32-30(45)33-16-18-38-25(42)19-31(6,7)29(38)44;1-7-18(2)19(3)26(38-5)16-27(35)34-14-10-13-25(34)28(39-6)20(4)30(37)33-24(29(31)36)15-21-17-32-23-12-9-8-11-22(21)23;3*1-2/h20-21,26-27H,9-19H2,1-8H3,(H,34,43)(H,35,40)(H,36,41)(H2,32,33,45);8-9,11-12,17-20,24-26,28,32H,7,10,13-16H2,1-6H3,(H2,31,36)(H,33,37);3*1-2H3/t26-,27?;18?,19?,20?,24-,25?,26?,28?;;;/m00.../s1. The maximum absolute atomic E-state index is 13.4. The molecule has 514 valence electrons. The Bertz CT molecular complexity index is 2520. The highest BCUT2D eigenvalue weighted by Gasteiger charge is 2.45. The van der Waals surface area contributed by atoms with Gasteiger partial charge in [-0.05, 0) is 87.9 Å². The molecule has 9 N–H and O–H groups in total. The average Bonchev–Trinajstić information content (AvgIpc) is 1.76. The number of nitrogens with two attached hydrogens (primary N) is 1. The van der Waals surface area contributed by atoms with Crippen LogP contribution in [0.2, 0.25) is 0 Å². The number of fused-ring (bicyclic) bond motifs is 1. The Morgan fingerprint density at radius 3 is 1.92 bits per heavy atom. The lowest BCUT2D eigenvalue weighted by molar-refractivity contribution is -0.143. The van der Waals surface area contributed by atoms with E-state index in [2.05, 4.69) is 57.9 Å². The van der Waals surface area contributed by atoms with Crippen LogP contribution in [0.5, 0.6) is 0 Å². The summed E-state index contributed by atoms with van der Waals surface area (Å²) in [6.45, 7) is 34.6. The fraction of sp³-hybridized carbons (Fsp3) is 0.731. The van der Waals surface area contributed by atoms with E-state index in [0.29, 0.717) is 57.7 Å². The third-order valence-electron chi connectivity index (χ3n) is 16.5. The molecule has 0 radical (unpaired) electrons. The van der Waals surface area contributed by atoms with Gasteiger partial charge in [0.05, 0.1) is 48.1 Å². The molecule has 90 heavy (non-hydrogen) atoms. The van der Waals surface area contributed by atoms with Crippen molar-refractivity contribution in [2.75, 3.05) is 54.0 Å². The van der Waals surface area contributed by atoms with Gasteiger partial charge in [-0.3, -0.25) is 63.8 Å². The number of ketones is 1. The van der Waals surface area contributed by atoms with E-state index in [1.54, 1.807) is 35.0 Å². The van der Waals surface area contributed by atoms with E-state index in [4.69, 9.17) is 15.2 Å². The van der Waals surface area contributed by atoms with E-state index in [9.17, 15) is 47.9 Å². The van der Waals surface area contributed by atoms with Gasteiger partial charge in [0.2, 0.25) is 47.3 Å². The molecule has 0 aliphatic carbocycles. The van der Waals surface area contributed by atoms with Crippen LogP contribution in [0.3, 0.4) is 0 Å². The number of methoxy groups -OCH3 is 2. The maximum Gasteiger partial charge on any atom is 0.314 e. The number of hydrogen-bond acceptors (Lipinski definition) is 13. The first kappa shape index (κ1) is 83.5. The smallest absolute Gasteiger partial charge is 0.314 e. The van der Waals surface area contributed by atoms with Crippen LogP contribution >= 0.6 is 0 Å². The summed E-state index contributed by atoms with van der Waals surface area (Å²) in [6, 6.07) is 5.28. The summed E-state index contributed by atoms with van der Waals surface area (Å²) in [6.07, 6.45) is 7.26. The zero-order chi connectivity index (χ0) is 69.0. The summed E-state index contributed by atoms with van der Waals surface area (Å²) in [5.41, 5.74) is 11.7. The molecule has 0 bridgehead atoms. The predicted molar refractivity (Wildman–Crippen MR) is 355 cm³/mol. The van der Waals surface area contributed by atoms with Crippen molar-refractivity contribution in [1.82, 2.24) is 51.8 Å². The van der Waals surface area contributed by atoms with Crippen LogP contribution in [0.1, 0.15) is 194 Å². The zero-order valence-corrected chi connectivity index (χ0v) is 58.6. The lowest BCUT2D eigenvalue weighted by Crippen LogP contribution is -2.54. The van der Waals surface area contributed by atoms with Crippen LogP contribution in [-0.2, 0) is 59.0 Å². The van der Waals surface area contributed by atoms with Crippen molar-refractivity contribution in [1.29, 1.82) is 0 Å². The Balaban J connectivity index is 0.00000164. The summed E-state index contributed by atoms with van der Waals surface area (Å²) in [7, 11) is 5.04. The third-order valence-corrected chi connectivity index (χ3v) is 16.5. The number of urea groups is 1. The SMILES string of the molecule is CC.CC.CC.CC(=O)[C@@H](NC(=O)C(C(C)C)N(C)CCCC(=O)NNC(=O)CCCCCNC(=O)NCCN1C(=O)CC(C)(C)C1=O)C(C)C.CCC(C)C(C)C(CC(=O)N1CCCC1C(OC)C(C)C(=O)N[C@@H](Cc1c[nH]c2ccccc12)C(N)=O)OC. The number of carbonyl (C=O) groups is 10. The van der Waals surface area contributed by atoms with Gasteiger partial charge in [0, 0.05) is 83.2 Å². The number of hydrazine groups is 1. The van der Waals surface area contributed by atoms with Gasteiger partial charge in [-0.15, -0.1) is 0 Å². The number of imide groups is 1. The number of unbranched alkanes of at least 4 members (excludes halogenated alkanes) is 2. The molecule has 10 amide bonds. The summed E-state index contributed by atoms with van der Waals surface area (Å²) < 4.78 is 11.6. The van der Waals surface area contributed by atoms with E-state index < -0.39 is 47.5 Å². The van der Waals surface area contributed by atoms with Crippen molar-refractivity contribution in [3.8, 4) is 0 Å². The molecule has 7 unspecified atom stereocenters. The highest BCUT2D eigenvalue weighted by Crippen LogP contribution is 2.32. The van der Waals surface area contributed by atoms with E-state index in [0.717, 1.165) is 35.7 Å². The number of hydrogen-bond donors (Lipinski definition) is 8. The van der Waals surface area contributed by atoms with Gasteiger partial charge in [-0.25, -0.2) is 4.79 Å². The number of aromatic nitrogens is 1. The molecule has 23 heteroatoms. The van der Waals surface area contributed by atoms with Gasteiger partial charge in [-0.1, -0.05) is 142 Å². The molecule has 2 aliphatic rings. The number of likely N-dealkylation sites (tertiary alicyclic amines) is 2. The molecule has 2 aromatic rings. The van der Waals surface area contributed by atoms with Crippen molar-refractivity contribution in [2.45, 2.75) is 231 Å². The molecule has 23 nitrogen and oxygen atoms in total. The van der Waals surface area contributed by atoms with Gasteiger partial charge < -0.3 is 46.4 Å². The number of aromatic amines is 1. The number of Topliss-reactive ketones (excluding diaryl/α,β-unsaturated/α-hetero) is 1. The quantitative estimate of drug-likeness (QED) is 0.0193. The van der Waals surface area contributed by atoms with Crippen LogP contribution in [0.15, 0.2) is 30.5 Å². The van der Waals surface area contributed by atoms with E-state index in [1.807, 2.05) is 117 Å². The highest BCUT2D eigenvalue weighted by atomic mass is 16.5. The second-order valence-electron chi connectivity index (χ2n) is 24.2. The first-order chi connectivity index (χ1) is 42.6. The molecule has 0 spiro atoms. The fourth-order valence-corrected chi connectivity index (χ4v) is 11.1. The number of likely N-dealkylation sites (N-methyl/N-ethyl adjacent to an activating group) is 1. The Morgan fingerprint density at radius 1 is 0.789 bits per heavy atom. The topological polar surface area (TPSA) is 313 Å². The molecule has 4 rings (SSSR count). The minimum atomic E-state index is -0.873. The molecule has 2 aliphatic heterocycles. The van der Waals surface area contributed by atoms with Crippen molar-refractivity contribution in [3.05, 3.63) is 36.0 Å². The molecule has 1 aromatic heterocycles. The number of ether oxygens (including phenoxy) is 2. The second-order valence-corrected chi connectivity index (χ2v) is 24.2. The van der Waals surface area contributed by atoms with Crippen LogP contribution in [0, 0.1) is 35.0 Å². The number of para-hydroxylation sites is 1. The molecular weight excluding hydrogens is 1150 g/mol. The minimum Gasteiger partial charge on any atom is -0.381 e. The van der Waals surface area contributed by atoms with Crippen LogP contribution in [0.4, 0.5) is 4.79 Å². The Labute approximate surface area is 539 Å². The van der Waals surface area contributed by atoms with Crippen LogP contribution < -0.4 is 37.9 Å². The zero-order valence-electron chi connectivity index (χ0n) is 58.6. The highest BCUT2D eigenvalue weighted by molar-refractivity contribution is 6.05. The van der Waals surface area contributed by atoms with E-state index in [-0.39, 0.29) is 116 Å². The van der Waals surface area contributed by atoms with Crippen molar-refractivity contribution in [2.24, 2.45) is 40.7 Å². The number of carbonyl (C=O) groups excluding carboxylic acids is 10. The predicted octanol–water partition coefficient (Wildman–Crippen LogP) is 7.73. The summed E-state index contributed by atoms with van der Waals surface area (Å²) in [5.74, 6) is -2.28. The Hall–Kier alpha value is -6.46.